The molecule has 1 amide bonds. The van der Waals surface area contributed by atoms with E-state index in [2.05, 4.69) is 20.2 Å². The molecule has 0 bridgehead atoms. The van der Waals surface area contributed by atoms with Gasteiger partial charge in [-0.25, -0.2) is 14.8 Å². The molecule has 0 atom stereocenters. The molecule has 2 aromatic rings. The number of methoxy groups -OCH3 is 1. The lowest BCUT2D eigenvalue weighted by molar-refractivity contribution is 0.105. The number of rotatable bonds is 6. The lowest BCUT2D eigenvalue weighted by atomic mass is 10.2. The van der Waals surface area contributed by atoms with E-state index in [1.165, 1.54) is 6.33 Å². The summed E-state index contributed by atoms with van der Waals surface area (Å²) >= 11 is 0. The minimum atomic E-state index is -0.278. The van der Waals surface area contributed by atoms with Gasteiger partial charge in [-0.2, -0.15) is 0 Å². The number of hydrogen-bond donors (Lipinski definition) is 2. The molecule has 28 heavy (non-hydrogen) atoms. The number of nitrogen functional groups attached to an aromatic ring is 1. The zero-order valence-corrected chi connectivity index (χ0v) is 16.2. The monoisotopic (exact) mass is 386 g/mol. The molecule has 1 aliphatic rings. The Morgan fingerprint density at radius 3 is 2.54 bits per heavy atom. The van der Waals surface area contributed by atoms with Gasteiger partial charge in [0, 0.05) is 32.7 Å². The first-order chi connectivity index (χ1) is 13.6. The maximum atomic E-state index is 11.8. The summed E-state index contributed by atoms with van der Waals surface area (Å²) in [7, 11) is 1.64. The third-order valence-electron chi connectivity index (χ3n) is 4.59. The van der Waals surface area contributed by atoms with E-state index >= 15 is 0 Å². The van der Waals surface area contributed by atoms with Gasteiger partial charge in [0.05, 0.1) is 13.7 Å². The van der Waals surface area contributed by atoms with Crippen LogP contribution in [0.4, 0.5) is 22.1 Å². The molecule has 3 rings (SSSR count). The molecule has 1 saturated heterocycles. The molecule has 1 aromatic heterocycles. The van der Waals surface area contributed by atoms with Gasteiger partial charge in [-0.1, -0.05) is 12.1 Å². The van der Waals surface area contributed by atoms with Crippen LogP contribution in [-0.2, 0) is 11.3 Å². The number of nitrogens with one attached hydrogen (secondary N) is 1. The van der Waals surface area contributed by atoms with Crippen molar-refractivity contribution in [1.82, 2.24) is 14.9 Å². The molecule has 9 nitrogen and oxygen atoms in total. The summed E-state index contributed by atoms with van der Waals surface area (Å²) in [5, 5.41) is 3.26. The summed E-state index contributed by atoms with van der Waals surface area (Å²) in [6, 6.07) is 7.79. The third kappa shape index (κ3) is 4.54. The second-order valence-corrected chi connectivity index (χ2v) is 6.33. The van der Waals surface area contributed by atoms with E-state index in [0.29, 0.717) is 56.7 Å². The average molecular weight is 386 g/mol. The number of anilines is 3. The molecule has 9 heteroatoms. The van der Waals surface area contributed by atoms with Crippen molar-refractivity contribution in [2.24, 2.45) is 0 Å². The summed E-state index contributed by atoms with van der Waals surface area (Å²) < 4.78 is 10.2. The highest BCUT2D eigenvalue weighted by Gasteiger charge is 2.24. The molecule has 0 radical (unpaired) electrons. The van der Waals surface area contributed by atoms with Gasteiger partial charge in [0.25, 0.3) is 0 Å². The molecule has 1 aliphatic heterocycles. The molecule has 0 spiro atoms. The second-order valence-electron chi connectivity index (χ2n) is 6.33. The molecular weight excluding hydrogens is 360 g/mol. The second kappa shape index (κ2) is 9.12. The fourth-order valence-corrected chi connectivity index (χ4v) is 3.02. The highest BCUT2D eigenvalue weighted by atomic mass is 16.6. The predicted octanol–water partition coefficient (Wildman–Crippen LogP) is 1.96. The van der Waals surface area contributed by atoms with E-state index in [4.69, 9.17) is 15.2 Å². The smallest absolute Gasteiger partial charge is 0.409 e. The maximum absolute atomic E-state index is 11.8. The molecule has 1 aromatic carbocycles. The lowest BCUT2D eigenvalue weighted by Gasteiger charge is -2.35. The number of amides is 1. The first-order valence-electron chi connectivity index (χ1n) is 9.26. The summed E-state index contributed by atoms with van der Waals surface area (Å²) in [6.45, 7) is 5.17. The Morgan fingerprint density at radius 2 is 1.89 bits per heavy atom. The standard InChI is InChI=1S/C19H26N6O3/c1-3-28-19(26)25-10-8-24(9-11-25)18-16(20)17(22-13-23-18)21-12-14-4-6-15(27-2)7-5-14/h4-7,13H,3,8-12,20H2,1-2H3,(H,21,22,23). The largest absolute Gasteiger partial charge is 0.497 e. The van der Waals surface area contributed by atoms with Gasteiger partial charge in [0.15, 0.2) is 11.6 Å². The van der Waals surface area contributed by atoms with Crippen LogP contribution in [0.3, 0.4) is 0 Å². The van der Waals surface area contributed by atoms with Crippen molar-refractivity contribution in [3.05, 3.63) is 36.2 Å². The van der Waals surface area contributed by atoms with E-state index in [-0.39, 0.29) is 6.09 Å². The Balaban J connectivity index is 1.62. The Kier molecular flexibility index (Phi) is 6.36. The van der Waals surface area contributed by atoms with Crippen molar-refractivity contribution in [1.29, 1.82) is 0 Å². The van der Waals surface area contributed by atoms with Crippen LogP contribution in [-0.4, -0.2) is 60.9 Å². The molecule has 2 heterocycles. The SMILES string of the molecule is CCOC(=O)N1CCN(c2ncnc(NCc3ccc(OC)cc3)c2N)CC1. The van der Waals surface area contributed by atoms with Crippen molar-refractivity contribution in [3.8, 4) is 5.75 Å². The van der Waals surface area contributed by atoms with Crippen molar-refractivity contribution >= 4 is 23.4 Å². The minimum Gasteiger partial charge on any atom is -0.497 e. The summed E-state index contributed by atoms with van der Waals surface area (Å²) in [5.41, 5.74) is 7.90. The number of carbonyl (C=O) groups excluding carboxylic acids is 1. The van der Waals surface area contributed by atoms with Crippen molar-refractivity contribution < 1.29 is 14.3 Å². The first-order valence-corrected chi connectivity index (χ1v) is 9.26. The number of carbonyl (C=O) groups is 1. The Bertz CT molecular complexity index is 791. The normalized spacial score (nSPS) is 13.9. The van der Waals surface area contributed by atoms with Gasteiger partial charge < -0.3 is 30.3 Å². The lowest BCUT2D eigenvalue weighted by Crippen LogP contribution is -2.49. The number of aromatic nitrogens is 2. The number of nitrogens with zero attached hydrogens (tertiary/aromatic N) is 4. The van der Waals surface area contributed by atoms with E-state index in [1.807, 2.05) is 24.3 Å². The van der Waals surface area contributed by atoms with Crippen LogP contribution in [0.15, 0.2) is 30.6 Å². The van der Waals surface area contributed by atoms with Crippen molar-refractivity contribution in [2.75, 3.05) is 55.8 Å². The van der Waals surface area contributed by atoms with Gasteiger partial charge in [0.2, 0.25) is 0 Å². The summed E-state index contributed by atoms with van der Waals surface area (Å²) in [5.74, 6) is 2.08. The Morgan fingerprint density at radius 1 is 1.18 bits per heavy atom. The number of hydrogen-bond acceptors (Lipinski definition) is 8. The van der Waals surface area contributed by atoms with E-state index in [1.54, 1.807) is 18.9 Å². The van der Waals surface area contributed by atoms with Crippen LogP contribution in [0.1, 0.15) is 12.5 Å². The number of ether oxygens (including phenoxy) is 2. The molecule has 0 aliphatic carbocycles. The first kappa shape index (κ1) is 19.5. The maximum Gasteiger partial charge on any atom is 0.409 e. The zero-order valence-electron chi connectivity index (χ0n) is 16.2. The van der Waals surface area contributed by atoms with Crippen LogP contribution in [0, 0.1) is 0 Å². The highest BCUT2D eigenvalue weighted by molar-refractivity contribution is 5.75. The van der Waals surface area contributed by atoms with Crippen LogP contribution >= 0.6 is 0 Å². The number of benzene rings is 1. The Hall–Kier alpha value is -3.23. The van der Waals surface area contributed by atoms with Crippen LogP contribution in [0.25, 0.3) is 0 Å². The highest BCUT2D eigenvalue weighted by Crippen LogP contribution is 2.27. The fourth-order valence-electron chi connectivity index (χ4n) is 3.02. The minimum absolute atomic E-state index is 0.278. The predicted molar refractivity (Wildman–Crippen MR) is 108 cm³/mol. The van der Waals surface area contributed by atoms with Gasteiger partial charge in [-0.3, -0.25) is 0 Å². The summed E-state index contributed by atoms with van der Waals surface area (Å²) in [4.78, 5) is 24.2. The molecule has 1 fully saturated rings. The molecule has 3 N–H and O–H groups in total. The molecule has 0 unspecified atom stereocenters. The van der Waals surface area contributed by atoms with Crippen molar-refractivity contribution in [2.45, 2.75) is 13.5 Å². The van der Waals surface area contributed by atoms with Crippen LogP contribution in [0.5, 0.6) is 5.75 Å². The zero-order chi connectivity index (χ0) is 19.9. The topological polar surface area (TPSA) is 106 Å². The van der Waals surface area contributed by atoms with Crippen LogP contribution in [0.2, 0.25) is 0 Å². The van der Waals surface area contributed by atoms with Crippen molar-refractivity contribution in [3.63, 3.8) is 0 Å². The molecule has 150 valence electrons. The van der Waals surface area contributed by atoms with E-state index in [9.17, 15) is 4.79 Å². The molecular formula is C19H26N6O3. The van der Waals surface area contributed by atoms with Gasteiger partial charge in [0.1, 0.15) is 17.8 Å². The summed E-state index contributed by atoms with van der Waals surface area (Å²) in [6.07, 6.45) is 1.22. The Labute approximate surface area is 164 Å². The van der Waals surface area contributed by atoms with E-state index < -0.39 is 0 Å². The van der Waals surface area contributed by atoms with Gasteiger partial charge in [-0.05, 0) is 24.6 Å². The third-order valence-corrected chi connectivity index (χ3v) is 4.59. The number of nitrogens with two attached hydrogens (primary N) is 1. The van der Waals surface area contributed by atoms with Crippen LogP contribution < -0.4 is 20.7 Å². The molecule has 0 saturated carbocycles. The van der Waals surface area contributed by atoms with E-state index in [0.717, 1.165) is 11.3 Å². The van der Waals surface area contributed by atoms with Gasteiger partial charge >= 0.3 is 6.09 Å². The fraction of sp³-hybridized carbons (Fsp3) is 0.421. The quantitative estimate of drug-likeness (QED) is 0.776. The average Bonchev–Trinajstić information content (AvgIpc) is 2.74. The number of piperazine rings is 1. The van der Waals surface area contributed by atoms with Gasteiger partial charge in [-0.15, -0.1) is 0 Å².